The summed E-state index contributed by atoms with van der Waals surface area (Å²) in [5.74, 6) is -0.355. The van der Waals surface area contributed by atoms with Gasteiger partial charge >= 0.3 is 5.97 Å². The molecule has 19 heavy (non-hydrogen) atoms. The summed E-state index contributed by atoms with van der Waals surface area (Å²) in [7, 11) is 0. The number of benzene rings is 2. The first-order valence-corrected chi connectivity index (χ1v) is 6.49. The van der Waals surface area contributed by atoms with Crippen molar-refractivity contribution in [2.45, 2.75) is 13.5 Å². The summed E-state index contributed by atoms with van der Waals surface area (Å²) in [5.41, 5.74) is 2.43. The third-order valence-electron chi connectivity index (χ3n) is 2.64. The third-order valence-corrected chi connectivity index (χ3v) is 3.38. The summed E-state index contributed by atoms with van der Waals surface area (Å²) in [6.07, 6.45) is 0. The molecule has 0 unspecified atom stereocenters. The molecule has 2 aromatic carbocycles. The first-order chi connectivity index (χ1) is 9.06. The Morgan fingerprint density at radius 2 is 1.74 bits per heavy atom. The highest BCUT2D eigenvalue weighted by molar-refractivity contribution is 6.42. The fourth-order valence-electron chi connectivity index (χ4n) is 1.55. The van der Waals surface area contributed by atoms with Gasteiger partial charge in [0.05, 0.1) is 15.6 Å². The van der Waals surface area contributed by atoms with Crippen molar-refractivity contribution in [1.82, 2.24) is 0 Å². The third kappa shape index (κ3) is 3.72. The zero-order valence-corrected chi connectivity index (χ0v) is 11.8. The van der Waals surface area contributed by atoms with Crippen molar-refractivity contribution < 1.29 is 9.53 Å². The lowest BCUT2D eigenvalue weighted by Gasteiger charge is -2.06. The highest BCUT2D eigenvalue weighted by Gasteiger charge is 2.07. The second-order valence-electron chi connectivity index (χ2n) is 4.19. The van der Waals surface area contributed by atoms with Gasteiger partial charge in [-0.3, -0.25) is 0 Å². The minimum Gasteiger partial charge on any atom is -0.457 e. The summed E-state index contributed by atoms with van der Waals surface area (Å²) in [4.78, 5) is 11.8. The molecule has 0 saturated carbocycles. The Bertz CT molecular complexity index is 592. The van der Waals surface area contributed by atoms with E-state index in [1.807, 2.05) is 19.1 Å². The number of hydrogen-bond acceptors (Lipinski definition) is 2. The van der Waals surface area contributed by atoms with Gasteiger partial charge in [-0.15, -0.1) is 0 Å². The first kappa shape index (κ1) is 13.9. The molecule has 0 aliphatic rings. The Balaban J connectivity index is 2.00. The fraction of sp³-hybridized carbons (Fsp3) is 0.133. The molecule has 0 aromatic heterocycles. The fourth-order valence-corrected chi connectivity index (χ4v) is 1.87. The van der Waals surface area contributed by atoms with E-state index in [-0.39, 0.29) is 12.6 Å². The number of hydrogen-bond donors (Lipinski definition) is 0. The van der Waals surface area contributed by atoms with Crippen molar-refractivity contribution in [2.24, 2.45) is 0 Å². The highest BCUT2D eigenvalue weighted by atomic mass is 35.5. The van der Waals surface area contributed by atoms with Crippen LogP contribution in [0.2, 0.25) is 10.0 Å². The molecule has 0 bridgehead atoms. The summed E-state index contributed by atoms with van der Waals surface area (Å²) in [6, 6.07) is 12.4. The van der Waals surface area contributed by atoms with Gasteiger partial charge in [-0.2, -0.15) is 0 Å². The van der Waals surface area contributed by atoms with Crippen LogP contribution in [0.1, 0.15) is 21.5 Å². The van der Waals surface area contributed by atoms with Crippen molar-refractivity contribution in [1.29, 1.82) is 0 Å². The summed E-state index contributed by atoms with van der Waals surface area (Å²) >= 11 is 11.7. The minimum absolute atomic E-state index is 0.170. The van der Waals surface area contributed by atoms with Crippen LogP contribution in [-0.4, -0.2) is 5.97 Å². The SMILES string of the molecule is Cc1ccc(C(=O)OCc2ccc(Cl)c(Cl)c2)cc1. The molecule has 0 radical (unpaired) electrons. The molecule has 98 valence electrons. The smallest absolute Gasteiger partial charge is 0.338 e. The Morgan fingerprint density at radius 1 is 1.05 bits per heavy atom. The molecular weight excluding hydrogens is 283 g/mol. The van der Waals surface area contributed by atoms with Crippen LogP contribution in [0.25, 0.3) is 0 Å². The summed E-state index contributed by atoms with van der Waals surface area (Å²) in [5, 5.41) is 0.931. The lowest BCUT2D eigenvalue weighted by molar-refractivity contribution is 0.0472. The molecule has 2 nitrogen and oxygen atoms in total. The number of halogens is 2. The number of rotatable bonds is 3. The molecule has 4 heteroatoms. The monoisotopic (exact) mass is 294 g/mol. The van der Waals surface area contributed by atoms with Crippen molar-refractivity contribution >= 4 is 29.2 Å². The quantitative estimate of drug-likeness (QED) is 0.770. The van der Waals surface area contributed by atoms with Crippen LogP contribution < -0.4 is 0 Å². The van der Waals surface area contributed by atoms with Crippen LogP contribution in [-0.2, 0) is 11.3 Å². The van der Waals surface area contributed by atoms with Gasteiger partial charge in [0.1, 0.15) is 6.61 Å². The van der Waals surface area contributed by atoms with Gasteiger partial charge < -0.3 is 4.74 Å². The first-order valence-electron chi connectivity index (χ1n) is 5.74. The van der Waals surface area contributed by atoms with Crippen molar-refractivity contribution in [3.05, 3.63) is 69.2 Å². The second kappa shape index (κ2) is 6.09. The standard InChI is InChI=1S/C15H12Cl2O2/c1-10-2-5-12(6-3-10)15(18)19-9-11-4-7-13(16)14(17)8-11/h2-8H,9H2,1H3. The molecule has 0 heterocycles. The molecule has 0 aliphatic heterocycles. The Hall–Kier alpha value is -1.51. The molecule has 2 rings (SSSR count). The number of aryl methyl sites for hydroxylation is 1. The summed E-state index contributed by atoms with van der Waals surface area (Å²) in [6.45, 7) is 2.13. The minimum atomic E-state index is -0.355. The van der Waals surface area contributed by atoms with Gasteiger partial charge in [0.15, 0.2) is 0 Å². The topological polar surface area (TPSA) is 26.3 Å². The van der Waals surface area contributed by atoms with E-state index in [0.29, 0.717) is 15.6 Å². The Labute approximate surface area is 121 Å². The second-order valence-corrected chi connectivity index (χ2v) is 5.01. The van der Waals surface area contributed by atoms with Gasteiger partial charge in [-0.25, -0.2) is 4.79 Å². The van der Waals surface area contributed by atoms with Crippen LogP contribution in [0.15, 0.2) is 42.5 Å². The van der Waals surface area contributed by atoms with E-state index in [9.17, 15) is 4.79 Å². The average molecular weight is 295 g/mol. The number of carbonyl (C=O) groups excluding carboxylic acids is 1. The zero-order chi connectivity index (χ0) is 13.8. The molecule has 0 amide bonds. The molecular formula is C15H12Cl2O2. The number of ether oxygens (including phenoxy) is 1. The Morgan fingerprint density at radius 3 is 2.37 bits per heavy atom. The van der Waals surface area contributed by atoms with Crippen LogP contribution in [0.5, 0.6) is 0 Å². The molecule has 0 fully saturated rings. The molecule has 0 saturated heterocycles. The predicted molar refractivity (Wildman–Crippen MR) is 76.8 cm³/mol. The Kier molecular flexibility index (Phi) is 4.46. The van der Waals surface area contributed by atoms with Gasteiger partial charge in [0, 0.05) is 0 Å². The largest absolute Gasteiger partial charge is 0.457 e. The van der Waals surface area contributed by atoms with Gasteiger partial charge in [-0.1, -0.05) is 47.0 Å². The maximum atomic E-state index is 11.8. The van der Waals surface area contributed by atoms with E-state index in [4.69, 9.17) is 27.9 Å². The number of carbonyl (C=O) groups is 1. The normalized spacial score (nSPS) is 10.3. The highest BCUT2D eigenvalue weighted by Crippen LogP contribution is 2.23. The van der Waals surface area contributed by atoms with Crippen LogP contribution >= 0.6 is 23.2 Å². The van der Waals surface area contributed by atoms with Gasteiger partial charge in [0.2, 0.25) is 0 Å². The van der Waals surface area contributed by atoms with Crippen LogP contribution in [0.3, 0.4) is 0 Å². The van der Waals surface area contributed by atoms with E-state index in [1.165, 1.54) is 0 Å². The molecule has 2 aromatic rings. The molecule has 0 aliphatic carbocycles. The van der Waals surface area contributed by atoms with Crippen molar-refractivity contribution in [3.63, 3.8) is 0 Å². The van der Waals surface area contributed by atoms with Crippen LogP contribution in [0.4, 0.5) is 0 Å². The van der Waals surface area contributed by atoms with E-state index in [1.54, 1.807) is 30.3 Å². The van der Waals surface area contributed by atoms with Crippen LogP contribution in [0, 0.1) is 6.92 Å². The van der Waals surface area contributed by atoms with Crippen molar-refractivity contribution in [2.75, 3.05) is 0 Å². The van der Waals surface area contributed by atoms with Crippen molar-refractivity contribution in [3.8, 4) is 0 Å². The molecule has 0 N–H and O–H groups in total. The van der Waals surface area contributed by atoms with E-state index < -0.39 is 0 Å². The lowest BCUT2D eigenvalue weighted by Crippen LogP contribution is -2.05. The van der Waals surface area contributed by atoms with E-state index in [0.717, 1.165) is 11.1 Å². The van der Waals surface area contributed by atoms with E-state index >= 15 is 0 Å². The van der Waals surface area contributed by atoms with Gasteiger partial charge in [-0.05, 0) is 36.8 Å². The maximum Gasteiger partial charge on any atom is 0.338 e. The van der Waals surface area contributed by atoms with E-state index in [2.05, 4.69) is 0 Å². The maximum absolute atomic E-state index is 11.8. The zero-order valence-electron chi connectivity index (χ0n) is 10.3. The average Bonchev–Trinajstić information content (AvgIpc) is 2.40. The number of esters is 1. The predicted octanol–water partition coefficient (Wildman–Crippen LogP) is 4.66. The summed E-state index contributed by atoms with van der Waals surface area (Å²) < 4.78 is 5.21. The lowest BCUT2D eigenvalue weighted by atomic mass is 10.1. The molecule has 0 spiro atoms. The van der Waals surface area contributed by atoms with Gasteiger partial charge in [0.25, 0.3) is 0 Å². The molecule has 0 atom stereocenters.